The lowest BCUT2D eigenvalue weighted by Gasteiger charge is -2.28. The Morgan fingerprint density at radius 2 is 1.76 bits per heavy atom. The van der Waals surface area contributed by atoms with Crippen LogP contribution >= 0.6 is 26.8 Å². The van der Waals surface area contributed by atoms with Gasteiger partial charge in [0.05, 0.1) is 5.69 Å². The lowest BCUT2D eigenvalue weighted by molar-refractivity contribution is 0.130. The van der Waals surface area contributed by atoms with Crippen molar-refractivity contribution >= 4 is 26.8 Å². The van der Waals surface area contributed by atoms with E-state index in [-0.39, 0.29) is 5.69 Å². The quantitative estimate of drug-likeness (QED) is 0.477. The van der Waals surface area contributed by atoms with E-state index in [4.69, 9.17) is 31.2 Å². The summed E-state index contributed by atoms with van der Waals surface area (Å²) >= 11 is 5.27. The minimum Gasteiger partial charge on any atom is -0.436 e. The van der Waals surface area contributed by atoms with Crippen LogP contribution in [0, 0.1) is 0 Å². The molecule has 1 aromatic heterocycles. The number of aliphatic hydroxyl groups is 1. The fraction of sp³-hybridized carbons (Fsp3) is 0.400. The number of aromatic nitrogens is 1. The molecule has 98 valence electrons. The molecule has 1 heterocycles. The van der Waals surface area contributed by atoms with Crippen LogP contribution in [0.15, 0.2) is 10.7 Å². The van der Waals surface area contributed by atoms with Crippen LogP contribution in [0.5, 0.6) is 0 Å². The van der Waals surface area contributed by atoms with Crippen LogP contribution in [0.25, 0.3) is 0 Å². The molecule has 9 nitrogen and oxygen atoms in total. The van der Waals surface area contributed by atoms with Crippen LogP contribution in [-0.4, -0.2) is 34.7 Å². The Morgan fingerprint density at radius 3 is 2.06 bits per heavy atom. The standard InChI is InChI=1S/C5H8ClNO8P2/c6-4-7-3(2-15-4)1-5(8,16(9,10)11)17(12,13)14/h2,8H,1H2,(H2,9,10,11)(H2,12,13,14). The second-order valence-electron chi connectivity index (χ2n) is 3.13. The first-order chi connectivity index (χ1) is 7.47. The highest BCUT2D eigenvalue weighted by Crippen LogP contribution is 2.68. The monoisotopic (exact) mass is 307 g/mol. The average Bonchev–Trinajstić information content (AvgIpc) is 2.47. The van der Waals surface area contributed by atoms with Crippen molar-refractivity contribution in [3.8, 4) is 0 Å². The van der Waals surface area contributed by atoms with Gasteiger partial charge in [0.25, 0.3) is 10.4 Å². The SMILES string of the molecule is O=P(O)(O)C(O)(Cc1coc(Cl)n1)P(=O)(O)O. The van der Waals surface area contributed by atoms with E-state index in [1.807, 2.05) is 0 Å². The van der Waals surface area contributed by atoms with Crippen LogP contribution < -0.4 is 0 Å². The predicted octanol–water partition coefficient (Wildman–Crippen LogP) is -0.128. The van der Waals surface area contributed by atoms with Crippen LogP contribution in [-0.2, 0) is 15.6 Å². The van der Waals surface area contributed by atoms with Crippen molar-refractivity contribution in [1.29, 1.82) is 0 Å². The number of nitrogens with zero attached hydrogens (tertiary/aromatic N) is 1. The first kappa shape index (κ1) is 14.8. The van der Waals surface area contributed by atoms with Crippen molar-refractivity contribution < 1.29 is 38.2 Å². The van der Waals surface area contributed by atoms with Gasteiger partial charge in [-0.25, -0.2) is 4.98 Å². The average molecular weight is 308 g/mol. The molecule has 0 amide bonds. The van der Waals surface area contributed by atoms with E-state index in [0.717, 1.165) is 6.26 Å². The summed E-state index contributed by atoms with van der Waals surface area (Å²) in [6.45, 7) is 0. The Kier molecular flexibility index (Phi) is 3.88. The first-order valence-corrected chi connectivity index (χ1v) is 7.51. The van der Waals surface area contributed by atoms with Gasteiger partial charge in [-0.2, -0.15) is 0 Å². The molecule has 0 bridgehead atoms. The number of halogens is 1. The molecule has 0 aliphatic rings. The molecule has 0 radical (unpaired) electrons. The van der Waals surface area contributed by atoms with E-state index in [2.05, 4.69) is 9.40 Å². The van der Waals surface area contributed by atoms with Gasteiger partial charge in [-0.1, -0.05) is 0 Å². The van der Waals surface area contributed by atoms with Crippen molar-refractivity contribution in [3.63, 3.8) is 0 Å². The normalized spacial score (nSPS) is 14.0. The molecular weight excluding hydrogens is 299 g/mol. The van der Waals surface area contributed by atoms with Crippen molar-refractivity contribution in [2.45, 2.75) is 11.5 Å². The summed E-state index contributed by atoms with van der Waals surface area (Å²) in [5, 5.41) is 5.55. The van der Waals surface area contributed by atoms with Crippen LogP contribution in [0.1, 0.15) is 5.69 Å². The molecule has 1 aromatic rings. The fourth-order valence-electron chi connectivity index (χ4n) is 0.982. The molecule has 5 N–H and O–H groups in total. The molecule has 12 heteroatoms. The Morgan fingerprint density at radius 1 is 1.29 bits per heavy atom. The maximum absolute atomic E-state index is 11.0. The lowest BCUT2D eigenvalue weighted by Crippen LogP contribution is -2.31. The molecule has 0 saturated heterocycles. The Bertz CT molecular complexity index is 480. The minimum atomic E-state index is -5.50. The van der Waals surface area contributed by atoms with Gasteiger partial charge in [-0.3, -0.25) is 9.13 Å². The summed E-state index contributed by atoms with van der Waals surface area (Å²) in [5.74, 6) is 0. The van der Waals surface area contributed by atoms with E-state index in [0.29, 0.717) is 0 Å². The number of hydrogen-bond donors (Lipinski definition) is 5. The molecule has 0 aromatic carbocycles. The molecule has 0 aliphatic carbocycles. The van der Waals surface area contributed by atoms with Gasteiger partial charge in [0.15, 0.2) is 0 Å². The summed E-state index contributed by atoms with van der Waals surface area (Å²) in [6, 6.07) is 0. The summed E-state index contributed by atoms with van der Waals surface area (Å²) in [5.41, 5.74) is -0.302. The van der Waals surface area contributed by atoms with E-state index in [1.165, 1.54) is 0 Å². The molecule has 0 aliphatic heterocycles. The second kappa shape index (κ2) is 4.46. The van der Waals surface area contributed by atoms with Crippen LogP contribution in [0.3, 0.4) is 0 Å². The van der Waals surface area contributed by atoms with Gasteiger partial charge in [0.2, 0.25) is 0 Å². The molecule has 0 saturated carbocycles. The van der Waals surface area contributed by atoms with Gasteiger partial charge >= 0.3 is 15.2 Å². The zero-order valence-electron chi connectivity index (χ0n) is 7.96. The Hall–Kier alpha value is -0.240. The Balaban J connectivity index is 3.19. The highest BCUT2D eigenvalue weighted by molar-refractivity contribution is 7.72. The molecule has 0 spiro atoms. The summed E-state index contributed by atoms with van der Waals surface area (Å²) in [7, 11) is -11.0. The molecule has 0 fully saturated rings. The zero-order chi connectivity index (χ0) is 13.5. The van der Waals surface area contributed by atoms with Gasteiger partial charge in [0.1, 0.15) is 6.26 Å². The van der Waals surface area contributed by atoms with E-state index >= 15 is 0 Å². The predicted molar refractivity (Wildman–Crippen MR) is 54.3 cm³/mol. The first-order valence-electron chi connectivity index (χ1n) is 3.91. The smallest absolute Gasteiger partial charge is 0.369 e. The van der Waals surface area contributed by atoms with Crippen molar-refractivity contribution in [2.75, 3.05) is 0 Å². The highest BCUT2D eigenvalue weighted by atomic mass is 35.5. The highest BCUT2D eigenvalue weighted by Gasteiger charge is 2.59. The van der Waals surface area contributed by atoms with Gasteiger partial charge in [-0.05, 0) is 11.6 Å². The van der Waals surface area contributed by atoms with Gasteiger partial charge in [0, 0.05) is 6.42 Å². The third-order valence-electron chi connectivity index (χ3n) is 1.88. The van der Waals surface area contributed by atoms with Crippen molar-refractivity contribution in [3.05, 3.63) is 17.3 Å². The molecule has 0 unspecified atom stereocenters. The molecule has 0 atom stereocenters. The zero-order valence-corrected chi connectivity index (χ0v) is 10.5. The fourth-order valence-corrected chi connectivity index (χ4v) is 3.23. The molecule has 1 rings (SSSR count). The third-order valence-corrected chi connectivity index (χ3v) is 5.79. The minimum absolute atomic E-state index is 0.302. The van der Waals surface area contributed by atoms with E-state index in [1.54, 1.807) is 0 Å². The van der Waals surface area contributed by atoms with Crippen molar-refractivity contribution in [1.82, 2.24) is 4.98 Å². The maximum atomic E-state index is 11.0. The number of hydrogen-bond acceptors (Lipinski definition) is 5. The van der Waals surface area contributed by atoms with E-state index in [9.17, 15) is 14.2 Å². The third kappa shape index (κ3) is 2.96. The molecule has 17 heavy (non-hydrogen) atoms. The molecular formula is C5H8ClNO8P2. The topological polar surface area (TPSA) is 161 Å². The summed E-state index contributed by atoms with van der Waals surface area (Å²) in [6.07, 6.45) is -0.281. The largest absolute Gasteiger partial charge is 0.436 e. The van der Waals surface area contributed by atoms with Crippen molar-refractivity contribution in [2.24, 2.45) is 0 Å². The Labute approximate surface area is 99.4 Å². The van der Waals surface area contributed by atoms with Gasteiger partial charge in [-0.15, -0.1) is 0 Å². The van der Waals surface area contributed by atoms with E-state index < -0.39 is 32.0 Å². The number of rotatable bonds is 4. The number of oxazole rings is 1. The van der Waals surface area contributed by atoms with Crippen LogP contribution in [0.4, 0.5) is 0 Å². The van der Waals surface area contributed by atoms with Crippen LogP contribution in [0.2, 0.25) is 5.35 Å². The second-order valence-corrected chi connectivity index (χ2v) is 7.46. The summed E-state index contributed by atoms with van der Waals surface area (Å²) < 4.78 is 26.4. The summed E-state index contributed by atoms with van der Waals surface area (Å²) in [4.78, 5) is 38.6. The van der Waals surface area contributed by atoms with Gasteiger partial charge < -0.3 is 29.1 Å². The maximum Gasteiger partial charge on any atom is 0.369 e. The lowest BCUT2D eigenvalue weighted by atomic mass is 10.3.